The van der Waals surface area contributed by atoms with Gasteiger partial charge in [-0.25, -0.2) is 4.68 Å². The van der Waals surface area contributed by atoms with E-state index in [1.54, 1.807) is 18.4 Å². The Morgan fingerprint density at radius 3 is 2.88 bits per heavy atom. The molecule has 0 saturated heterocycles. The number of furan rings is 1. The van der Waals surface area contributed by atoms with Crippen LogP contribution in [0.15, 0.2) is 28.0 Å². The molecule has 0 aromatic carbocycles. The van der Waals surface area contributed by atoms with Gasteiger partial charge in [0.1, 0.15) is 0 Å². The zero-order chi connectivity index (χ0) is 16.9. The lowest BCUT2D eigenvalue weighted by Crippen LogP contribution is -2.42. The summed E-state index contributed by atoms with van der Waals surface area (Å²) in [5.74, 6) is 7.48. The Morgan fingerprint density at radius 1 is 1.42 bits per heavy atom. The van der Waals surface area contributed by atoms with E-state index in [4.69, 9.17) is 10.3 Å². The van der Waals surface area contributed by atoms with Gasteiger partial charge in [0.25, 0.3) is 0 Å². The summed E-state index contributed by atoms with van der Waals surface area (Å²) < 4.78 is 6.66. The Morgan fingerprint density at radius 2 is 2.21 bits per heavy atom. The number of hydrogen-bond donors (Lipinski definition) is 1. The second-order valence-corrected chi connectivity index (χ2v) is 6.86. The van der Waals surface area contributed by atoms with Crippen LogP contribution in [0, 0.1) is 0 Å². The Labute approximate surface area is 145 Å². The molecule has 1 aliphatic rings. The van der Waals surface area contributed by atoms with E-state index in [-0.39, 0.29) is 5.91 Å². The van der Waals surface area contributed by atoms with Crippen LogP contribution in [0.4, 0.5) is 0 Å². The summed E-state index contributed by atoms with van der Waals surface area (Å²) in [4.78, 5) is 14.6. The fraction of sp³-hybridized carbons (Fsp3) is 0.562. The molecule has 1 fully saturated rings. The maximum absolute atomic E-state index is 12.6. The lowest BCUT2D eigenvalue weighted by atomic mass is 9.94. The van der Waals surface area contributed by atoms with Crippen LogP contribution in [-0.4, -0.2) is 44.0 Å². The minimum absolute atomic E-state index is 0.136. The van der Waals surface area contributed by atoms with Gasteiger partial charge in [-0.15, -0.1) is 10.2 Å². The molecule has 0 spiro atoms. The van der Waals surface area contributed by atoms with Gasteiger partial charge in [0.15, 0.2) is 5.76 Å². The Bertz CT molecular complexity index is 664. The smallest absolute Gasteiger partial charge is 0.233 e. The number of carbonyl (C=O) groups is 1. The molecule has 130 valence electrons. The SMILES string of the molecule is CCN(C(=O)CSc1nnc(-c2ccco2)n1N)C1CCCCC1. The van der Waals surface area contributed by atoms with Crippen molar-refractivity contribution in [3.05, 3.63) is 18.4 Å². The first-order valence-corrected chi connectivity index (χ1v) is 9.36. The highest BCUT2D eigenvalue weighted by Gasteiger charge is 2.24. The number of rotatable bonds is 6. The number of carbonyl (C=O) groups excluding carboxylic acids is 1. The standard InChI is InChI=1S/C16H23N5O2S/c1-2-20(12-7-4-3-5-8-12)14(22)11-24-16-19-18-15(21(16)17)13-9-6-10-23-13/h6,9-10,12H,2-5,7-8,11,17H2,1H3. The summed E-state index contributed by atoms with van der Waals surface area (Å²) in [5, 5.41) is 8.61. The van der Waals surface area contributed by atoms with Crippen molar-refractivity contribution in [2.45, 2.75) is 50.2 Å². The normalized spacial score (nSPS) is 15.5. The molecular formula is C16H23N5O2S. The van der Waals surface area contributed by atoms with Crippen molar-refractivity contribution in [2.24, 2.45) is 0 Å². The molecule has 1 aliphatic carbocycles. The minimum Gasteiger partial charge on any atom is -0.461 e. The molecule has 0 radical (unpaired) electrons. The predicted molar refractivity (Wildman–Crippen MR) is 92.9 cm³/mol. The van der Waals surface area contributed by atoms with Gasteiger partial charge >= 0.3 is 0 Å². The third-order valence-electron chi connectivity index (χ3n) is 4.41. The monoisotopic (exact) mass is 349 g/mol. The second kappa shape index (κ2) is 7.74. The molecule has 0 atom stereocenters. The van der Waals surface area contributed by atoms with E-state index < -0.39 is 0 Å². The van der Waals surface area contributed by atoms with Crippen molar-refractivity contribution in [3.8, 4) is 11.6 Å². The molecule has 1 saturated carbocycles. The Kier molecular flexibility index (Phi) is 5.44. The van der Waals surface area contributed by atoms with E-state index in [9.17, 15) is 4.79 Å². The zero-order valence-electron chi connectivity index (χ0n) is 13.9. The van der Waals surface area contributed by atoms with E-state index in [1.165, 1.54) is 35.7 Å². The van der Waals surface area contributed by atoms with Crippen molar-refractivity contribution < 1.29 is 9.21 Å². The van der Waals surface area contributed by atoms with Crippen LogP contribution in [0.1, 0.15) is 39.0 Å². The van der Waals surface area contributed by atoms with Gasteiger partial charge in [-0.1, -0.05) is 31.0 Å². The van der Waals surface area contributed by atoms with Crippen molar-refractivity contribution in [2.75, 3.05) is 18.1 Å². The molecule has 1 amide bonds. The third-order valence-corrected chi connectivity index (χ3v) is 5.34. The van der Waals surface area contributed by atoms with Gasteiger partial charge < -0.3 is 15.2 Å². The Hall–Kier alpha value is -1.96. The highest BCUT2D eigenvalue weighted by Crippen LogP contribution is 2.25. The van der Waals surface area contributed by atoms with Crippen LogP contribution >= 0.6 is 11.8 Å². The van der Waals surface area contributed by atoms with Crippen molar-refractivity contribution in [3.63, 3.8) is 0 Å². The molecule has 2 heterocycles. The van der Waals surface area contributed by atoms with E-state index in [1.807, 2.05) is 11.8 Å². The molecule has 3 rings (SSSR count). The zero-order valence-corrected chi connectivity index (χ0v) is 14.7. The van der Waals surface area contributed by atoms with Crippen molar-refractivity contribution in [1.29, 1.82) is 0 Å². The first kappa shape index (κ1) is 16.9. The lowest BCUT2D eigenvalue weighted by Gasteiger charge is -2.33. The van der Waals surface area contributed by atoms with Gasteiger partial charge in [0.05, 0.1) is 12.0 Å². The van der Waals surface area contributed by atoms with E-state index >= 15 is 0 Å². The van der Waals surface area contributed by atoms with Crippen LogP contribution in [0.3, 0.4) is 0 Å². The molecule has 0 unspecified atom stereocenters. The molecule has 2 N–H and O–H groups in total. The number of nitrogens with two attached hydrogens (primary N) is 1. The van der Waals surface area contributed by atoms with Crippen molar-refractivity contribution >= 4 is 17.7 Å². The number of hydrogen-bond acceptors (Lipinski definition) is 6. The molecule has 7 nitrogen and oxygen atoms in total. The van der Waals surface area contributed by atoms with E-state index in [0.717, 1.165) is 19.4 Å². The predicted octanol–water partition coefficient (Wildman–Crippen LogP) is 2.53. The van der Waals surface area contributed by atoms with E-state index in [0.29, 0.717) is 28.5 Å². The topological polar surface area (TPSA) is 90.2 Å². The van der Waals surface area contributed by atoms with Crippen LogP contribution in [0.5, 0.6) is 0 Å². The first-order valence-electron chi connectivity index (χ1n) is 8.37. The molecule has 0 aliphatic heterocycles. The molecular weight excluding hydrogens is 326 g/mol. The van der Waals surface area contributed by atoms with Gasteiger partial charge in [0, 0.05) is 12.6 Å². The summed E-state index contributed by atoms with van der Waals surface area (Å²) in [6.45, 7) is 2.79. The minimum atomic E-state index is 0.136. The van der Waals surface area contributed by atoms with Crippen LogP contribution < -0.4 is 5.84 Å². The number of thioether (sulfide) groups is 1. The number of aromatic nitrogens is 3. The van der Waals surface area contributed by atoms with Crippen LogP contribution in [0.2, 0.25) is 0 Å². The van der Waals surface area contributed by atoms with E-state index in [2.05, 4.69) is 10.2 Å². The quantitative estimate of drug-likeness (QED) is 0.636. The molecule has 24 heavy (non-hydrogen) atoms. The van der Waals surface area contributed by atoms with Gasteiger partial charge in [-0.05, 0) is 31.9 Å². The number of nitrogen functional groups attached to an aromatic ring is 1. The highest BCUT2D eigenvalue weighted by atomic mass is 32.2. The number of amides is 1. The molecule has 2 aromatic rings. The molecule has 8 heteroatoms. The fourth-order valence-corrected chi connectivity index (χ4v) is 3.93. The van der Waals surface area contributed by atoms with Gasteiger partial charge in [0.2, 0.25) is 16.9 Å². The second-order valence-electron chi connectivity index (χ2n) is 5.91. The number of nitrogens with zero attached hydrogens (tertiary/aromatic N) is 4. The largest absolute Gasteiger partial charge is 0.461 e. The van der Waals surface area contributed by atoms with Gasteiger partial charge in [-0.3, -0.25) is 4.79 Å². The molecule has 0 bridgehead atoms. The highest BCUT2D eigenvalue weighted by molar-refractivity contribution is 7.99. The fourth-order valence-electron chi connectivity index (χ4n) is 3.19. The Balaban J connectivity index is 1.61. The summed E-state index contributed by atoms with van der Waals surface area (Å²) in [7, 11) is 0. The first-order chi connectivity index (χ1) is 11.7. The maximum atomic E-state index is 12.6. The average molecular weight is 349 g/mol. The third kappa shape index (κ3) is 3.58. The van der Waals surface area contributed by atoms with Crippen molar-refractivity contribution in [1.82, 2.24) is 19.8 Å². The van der Waals surface area contributed by atoms with Crippen LogP contribution in [0.25, 0.3) is 11.6 Å². The average Bonchev–Trinajstić information content (AvgIpc) is 3.24. The summed E-state index contributed by atoms with van der Waals surface area (Å²) in [6, 6.07) is 3.92. The van der Waals surface area contributed by atoms with Crippen LogP contribution in [-0.2, 0) is 4.79 Å². The summed E-state index contributed by atoms with van der Waals surface area (Å²) in [6.07, 6.45) is 7.49. The lowest BCUT2D eigenvalue weighted by molar-refractivity contribution is -0.131. The van der Waals surface area contributed by atoms with Gasteiger partial charge in [-0.2, -0.15) is 0 Å². The summed E-state index contributed by atoms with van der Waals surface area (Å²) in [5.41, 5.74) is 0. The maximum Gasteiger partial charge on any atom is 0.233 e. The summed E-state index contributed by atoms with van der Waals surface area (Å²) >= 11 is 1.31. The molecule has 2 aromatic heterocycles.